The average molecular weight is 323 g/mol. The normalized spacial score (nSPS) is 11.0. The predicted octanol–water partition coefficient (Wildman–Crippen LogP) is 2.63. The van der Waals surface area contributed by atoms with Gasteiger partial charge in [-0.2, -0.15) is 0 Å². The highest BCUT2D eigenvalue weighted by atomic mass is 16.5. The first-order valence-corrected chi connectivity index (χ1v) is 7.59. The Morgan fingerprint density at radius 3 is 1.96 bits per heavy atom. The second-order valence-electron chi connectivity index (χ2n) is 5.48. The van der Waals surface area contributed by atoms with Crippen LogP contribution >= 0.6 is 0 Å². The molecule has 6 nitrogen and oxygen atoms in total. The number of carboxylic acid groups (broad SMARTS) is 1. The molecule has 0 radical (unpaired) electrons. The van der Waals surface area contributed by atoms with Gasteiger partial charge in [-0.15, -0.1) is 0 Å². The Bertz CT molecular complexity index is 553. The molecule has 0 fully saturated rings. The summed E-state index contributed by atoms with van der Waals surface area (Å²) >= 11 is 0. The molecule has 6 heteroatoms. The second-order valence-corrected chi connectivity index (χ2v) is 5.48. The Labute approximate surface area is 136 Å². The van der Waals surface area contributed by atoms with E-state index in [4.69, 9.17) is 9.47 Å². The van der Waals surface area contributed by atoms with Gasteiger partial charge in [0.25, 0.3) is 5.91 Å². The van der Waals surface area contributed by atoms with E-state index in [9.17, 15) is 14.7 Å². The molecule has 0 aliphatic rings. The molecule has 0 bridgehead atoms. The first kappa shape index (κ1) is 18.8. The van der Waals surface area contributed by atoms with Gasteiger partial charge in [0, 0.05) is 17.7 Å². The van der Waals surface area contributed by atoms with Crippen LogP contribution in [0.1, 0.15) is 42.6 Å². The monoisotopic (exact) mass is 323 g/mol. The second kappa shape index (κ2) is 7.85. The number of benzene rings is 1. The maximum absolute atomic E-state index is 12.4. The Hall–Kier alpha value is -2.24. The number of nitrogens with one attached hydrogen (secondary N) is 1. The molecule has 0 atom stereocenters. The van der Waals surface area contributed by atoms with Crippen LogP contribution in [0, 0.1) is 12.3 Å². The van der Waals surface area contributed by atoms with Crippen molar-refractivity contribution in [2.45, 2.75) is 33.6 Å². The van der Waals surface area contributed by atoms with Crippen LogP contribution in [0.4, 0.5) is 0 Å². The quantitative estimate of drug-likeness (QED) is 0.768. The molecule has 2 N–H and O–H groups in total. The van der Waals surface area contributed by atoms with E-state index in [1.165, 1.54) is 14.2 Å². The topological polar surface area (TPSA) is 84.9 Å². The number of hydrogen-bond acceptors (Lipinski definition) is 4. The number of carbonyl (C=O) groups excluding carboxylic acids is 1. The molecule has 0 saturated heterocycles. The summed E-state index contributed by atoms with van der Waals surface area (Å²) in [5, 5.41) is 12.1. The number of ether oxygens (including phenoxy) is 2. The maximum atomic E-state index is 12.4. The van der Waals surface area contributed by atoms with E-state index in [0.717, 1.165) is 5.56 Å². The minimum absolute atomic E-state index is 0.0761. The zero-order valence-corrected chi connectivity index (χ0v) is 14.4. The summed E-state index contributed by atoms with van der Waals surface area (Å²) in [6, 6.07) is 3.24. The summed E-state index contributed by atoms with van der Waals surface area (Å²) in [6.07, 6.45) is 0.888. The molecule has 0 spiro atoms. The van der Waals surface area contributed by atoms with Crippen LogP contribution in [0.15, 0.2) is 12.1 Å². The SMILES string of the molecule is CCC(CC)(CNC(=O)c1cc(OC)c(C)c(OC)c1)C(=O)O. The molecule has 0 unspecified atom stereocenters. The van der Waals surface area contributed by atoms with E-state index in [1.807, 2.05) is 20.8 Å². The molecule has 1 aromatic rings. The first-order valence-electron chi connectivity index (χ1n) is 7.59. The van der Waals surface area contributed by atoms with Crippen LogP contribution < -0.4 is 14.8 Å². The van der Waals surface area contributed by atoms with Gasteiger partial charge in [-0.1, -0.05) is 13.8 Å². The molecule has 0 heterocycles. The van der Waals surface area contributed by atoms with Crippen molar-refractivity contribution in [1.82, 2.24) is 5.32 Å². The van der Waals surface area contributed by atoms with Crippen molar-refractivity contribution in [1.29, 1.82) is 0 Å². The first-order chi connectivity index (χ1) is 10.8. The van der Waals surface area contributed by atoms with Crippen molar-refractivity contribution >= 4 is 11.9 Å². The van der Waals surface area contributed by atoms with E-state index in [2.05, 4.69) is 5.32 Å². The predicted molar refractivity (Wildman–Crippen MR) is 87.3 cm³/mol. The minimum Gasteiger partial charge on any atom is -0.496 e. The van der Waals surface area contributed by atoms with Crippen molar-refractivity contribution in [3.63, 3.8) is 0 Å². The van der Waals surface area contributed by atoms with Crippen molar-refractivity contribution in [2.75, 3.05) is 20.8 Å². The fraction of sp³-hybridized carbons (Fsp3) is 0.529. The van der Waals surface area contributed by atoms with E-state index < -0.39 is 11.4 Å². The molecule has 1 rings (SSSR count). The zero-order valence-electron chi connectivity index (χ0n) is 14.4. The van der Waals surface area contributed by atoms with Gasteiger partial charge in [-0.3, -0.25) is 9.59 Å². The van der Waals surface area contributed by atoms with Crippen LogP contribution in [0.5, 0.6) is 11.5 Å². The Morgan fingerprint density at radius 1 is 1.13 bits per heavy atom. The van der Waals surface area contributed by atoms with Crippen LogP contribution in [-0.2, 0) is 4.79 Å². The molecule has 1 amide bonds. The number of hydrogen-bond donors (Lipinski definition) is 2. The number of aliphatic carboxylic acids is 1. The smallest absolute Gasteiger partial charge is 0.311 e. The molecule has 128 valence electrons. The van der Waals surface area contributed by atoms with Gasteiger partial charge in [-0.25, -0.2) is 0 Å². The molecular formula is C17H25NO5. The van der Waals surface area contributed by atoms with Crippen LogP contribution in [0.2, 0.25) is 0 Å². The van der Waals surface area contributed by atoms with Crippen LogP contribution in [0.3, 0.4) is 0 Å². The van der Waals surface area contributed by atoms with E-state index in [-0.39, 0.29) is 12.5 Å². The zero-order chi connectivity index (χ0) is 17.6. The van der Waals surface area contributed by atoms with Gasteiger partial charge in [0.15, 0.2) is 0 Å². The van der Waals surface area contributed by atoms with Gasteiger partial charge in [-0.05, 0) is 31.9 Å². The highest BCUT2D eigenvalue weighted by Crippen LogP contribution is 2.30. The van der Waals surface area contributed by atoms with Crippen molar-refractivity contribution < 1.29 is 24.2 Å². The van der Waals surface area contributed by atoms with Gasteiger partial charge in [0.2, 0.25) is 0 Å². The third kappa shape index (κ3) is 3.94. The Balaban J connectivity index is 3.00. The minimum atomic E-state index is -0.950. The lowest BCUT2D eigenvalue weighted by Gasteiger charge is -2.26. The summed E-state index contributed by atoms with van der Waals surface area (Å²) in [5.74, 6) is -0.161. The van der Waals surface area contributed by atoms with Crippen molar-refractivity contribution in [3.8, 4) is 11.5 Å². The van der Waals surface area contributed by atoms with Gasteiger partial charge < -0.3 is 19.9 Å². The maximum Gasteiger partial charge on any atom is 0.311 e. The molecule has 23 heavy (non-hydrogen) atoms. The largest absolute Gasteiger partial charge is 0.496 e. The van der Waals surface area contributed by atoms with Crippen molar-refractivity contribution in [2.24, 2.45) is 5.41 Å². The Morgan fingerprint density at radius 2 is 1.61 bits per heavy atom. The lowest BCUT2D eigenvalue weighted by molar-refractivity contribution is -0.149. The third-order valence-electron chi connectivity index (χ3n) is 4.41. The van der Waals surface area contributed by atoms with Gasteiger partial charge in [0.05, 0.1) is 19.6 Å². The summed E-state index contributed by atoms with van der Waals surface area (Å²) < 4.78 is 10.5. The van der Waals surface area contributed by atoms with E-state index >= 15 is 0 Å². The lowest BCUT2D eigenvalue weighted by atomic mass is 9.82. The Kier molecular flexibility index (Phi) is 6.42. The number of carboxylic acids is 1. The summed E-state index contributed by atoms with van der Waals surface area (Å²) in [4.78, 5) is 23.9. The van der Waals surface area contributed by atoms with E-state index in [0.29, 0.717) is 29.9 Å². The van der Waals surface area contributed by atoms with Crippen LogP contribution in [-0.4, -0.2) is 37.7 Å². The molecule has 0 aliphatic heterocycles. The molecule has 0 aliphatic carbocycles. The molecular weight excluding hydrogens is 298 g/mol. The highest BCUT2D eigenvalue weighted by Gasteiger charge is 2.35. The number of rotatable bonds is 8. The van der Waals surface area contributed by atoms with Crippen molar-refractivity contribution in [3.05, 3.63) is 23.3 Å². The van der Waals surface area contributed by atoms with Gasteiger partial charge >= 0.3 is 5.97 Å². The van der Waals surface area contributed by atoms with Gasteiger partial charge in [0.1, 0.15) is 11.5 Å². The highest BCUT2D eigenvalue weighted by molar-refractivity contribution is 5.95. The summed E-state index contributed by atoms with van der Waals surface area (Å²) in [6.45, 7) is 5.53. The number of methoxy groups -OCH3 is 2. The standard InChI is InChI=1S/C17H25NO5/c1-6-17(7-2,16(20)21)10-18-15(19)12-8-13(22-4)11(3)14(9-12)23-5/h8-9H,6-7,10H2,1-5H3,(H,18,19)(H,20,21). The summed E-state index contributed by atoms with van der Waals surface area (Å²) in [7, 11) is 3.04. The fourth-order valence-electron chi connectivity index (χ4n) is 2.45. The molecule has 0 saturated carbocycles. The number of carbonyl (C=O) groups is 2. The molecule has 1 aromatic carbocycles. The lowest BCUT2D eigenvalue weighted by Crippen LogP contribution is -2.42. The van der Waals surface area contributed by atoms with Crippen LogP contribution in [0.25, 0.3) is 0 Å². The summed E-state index contributed by atoms with van der Waals surface area (Å²) in [5.41, 5.74) is 0.221. The number of amides is 1. The third-order valence-corrected chi connectivity index (χ3v) is 4.41. The average Bonchev–Trinajstić information content (AvgIpc) is 2.55. The molecule has 0 aromatic heterocycles. The fourth-order valence-corrected chi connectivity index (χ4v) is 2.45. The van der Waals surface area contributed by atoms with E-state index in [1.54, 1.807) is 12.1 Å².